The molecule has 0 bridgehead atoms. The molecule has 0 aliphatic carbocycles. The molecule has 19 heavy (non-hydrogen) atoms. The van der Waals surface area contributed by atoms with Crippen LogP contribution in [0.5, 0.6) is 5.75 Å². The summed E-state index contributed by atoms with van der Waals surface area (Å²) in [5.41, 5.74) is 1.17. The molecule has 0 spiro atoms. The molecule has 2 nitrogen and oxygen atoms in total. The number of rotatable bonds is 5. The van der Waals surface area contributed by atoms with Gasteiger partial charge in [-0.15, -0.1) is 11.3 Å². The van der Waals surface area contributed by atoms with Crippen LogP contribution in [0.15, 0.2) is 34.1 Å². The highest BCUT2D eigenvalue weighted by Gasteiger charge is 2.17. The van der Waals surface area contributed by atoms with Gasteiger partial charge in [0.1, 0.15) is 5.75 Å². The first kappa shape index (κ1) is 14.9. The molecule has 0 fully saturated rings. The Morgan fingerprint density at radius 3 is 2.79 bits per heavy atom. The highest BCUT2D eigenvalue weighted by molar-refractivity contribution is 9.11. The Morgan fingerprint density at radius 1 is 1.42 bits per heavy atom. The molecule has 1 heterocycles. The Balaban J connectivity index is 2.38. The minimum atomic E-state index is 0.133. The topological polar surface area (TPSA) is 21.3 Å². The van der Waals surface area contributed by atoms with Crippen LogP contribution in [0.3, 0.4) is 0 Å². The number of hydrogen-bond donors (Lipinski definition) is 1. The predicted molar refractivity (Wildman–Crippen MR) is 85.5 cm³/mol. The zero-order chi connectivity index (χ0) is 13.8. The molecule has 2 rings (SSSR count). The summed E-state index contributed by atoms with van der Waals surface area (Å²) in [5.74, 6) is 0.863. The molecule has 2 aromatic rings. The van der Waals surface area contributed by atoms with Crippen molar-refractivity contribution in [2.75, 3.05) is 13.7 Å². The van der Waals surface area contributed by atoms with E-state index in [1.54, 1.807) is 18.4 Å². The van der Waals surface area contributed by atoms with E-state index < -0.39 is 0 Å². The maximum absolute atomic E-state index is 6.13. The maximum atomic E-state index is 6.13. The van der Waals surface area contributed by atoms with Crippen LogP contribution in [0.1, 0.15) is 23.4 Å². The highest BCUT2D eigenvalue weighted by Crippen LogP contribution is 2.37. The summed E-state index contributed by atoms with van der Waals surface area (Å²) in [5, 5.41) is 4.24. The average molecular weight is 361 g/mol. The molecule has 0 amide bonds. The van der Waals surface area contributed by atoms with E-state index >= 15 is 0 Å². The lowest BCUT2D eigenvalue weighted by atomic mass is 10.1. The van der Waals surface area contributed by atoms with E-state index in [9.17, 15) is 0 Å². The van der Waals surface area contributed by atoms with Crippen molar-refractivity contribution in [1.29, 1.82) is 0 Å². The molecular weight excluding hydrogens is 346 g/mol. The summed E-state index contributed by atoms with van der Waals surface area (Å²) >= 11 is 11.3. The standard InChI is InChI=1S/C14H15BrClNOS/c1-3-17-13(12-8-11(16)14(15)19-12)9-5-4-6-10(7-9)18-2/h4-8,13,17H,3H2,1-2H3. The number of halogens is 2. The lowest BCUT2D eigenvalue weighted by Crippen LogP contribution is -2.21. The lowest BCUT2D eigenvalue weighted by Gasteiger charge is -2.17. The summed E-state index contributed by atoms with van der Waals surface area (Å²) in [6, 6.07) is 10.2. The average Bonchev–Trinajstić information content (AvgIpc) is 2.75. The highest BCUT2D eigenvalue weighted by atomic mass is 79.9. The Morgan fingerprint density at radius 2 is 2.21 bits per heavy atom. The van der Waals surface area contributed by atoms with Gasteiger partial charge in [0, 0.05) is 4.88 Å². The summed E-state index contributed by atoms with van der Waals surface area (Å²) in [4.78, 5) is 1.19. The van der Waals surface area contributed by atoms with Crippen molar-refractivity contribution in [2.24, 2.45) is 0 Å². The van der Waals surface area contributed by atoms with Crippen molar-refractivity contribution in [3.63, 3.8) is 0 Å². The third-order valence-corrected chi connectivity index (χ3v) is 5.32. The molecule has 1 aromatic carbocycles. The molecule has 0 aliphatic rings. The van der Waals surface area contributed by atoms with Crippen LogP contribution in [-0.2, 0) is 0 Å². The Bertz CT molecular complexity index is 539. The molecular formula is C14H15BrClNOS. The summed E-state index contributed by atoms with van der Waals surface area (Å²) in [6.07, 6.45) is 0. The van der Waals surface area contributed by atoms with Crippen LogP contribution in [0, 0.1) is 0 Å². The van der Waals surface area contributed by atoms with Crippen molar-refractivity contribution in [1.82, 2.24) is 5.32 Å². The van der Waals surface area contributed by atoms with E-state index in [1.165, 1.54) is 10.4 Å². The number of nitrogens with one attached hydrogen (secondary N) is 1. The van der Waals surface area contributed by atoms with E-state index in [0.717, 1.165) is 21.1 Å². The van der Waals surface area contributed by atoms with Gasteiger partial charge in [0.2, 0.25) is 0 Å². The summed E-state index contributed by atoms with van der Waals surface area (Å²) in [6.45, 7) is 2.98. The fraction of sp³-hybridized carbons (Fsp3) is 0.286. The first-order chi connectivity index (χ1) is 9.15. The normalized spacial score (nSPS) is 12.4. The van der Waals surface area contributed by atoms with Gasteiger partial charge >= 0.3 is 0 Å². The minimum absolute atomic E-state index is 0.133. The van der Waals surface area contributed by atoms with Gasteiger partial charge in [0.15, 0.2) is 0 Å². The van der Waals surface area contributed by atoms with Crippen molar-refractivity contribution in [3.8, 4) is 5.75 Å². The smallest absolute Gasteiger partial charge is 0.119 e. The molecule has 0 radical (unpaired) electrons. The molecule has 1 N–H and O–H groups in total. The van der Waals surface area contributed by atoms with E-state index in [0.29, 0.717) is 0 Å². The van der Waals surface area contributed by atoms with Gasteiger partial charge in [-0.25, -0.2) is 0 Å². The van der Waals surface area contributed by atoms with Gasteiger partial charge in [-0.05, 0) is 46.2 Å². The fourth-order valence-corrected chi connectivity index (χ4v) is 3.76. The second-order valence-electron chi connectivity index (χ2n) is 4.04. The van der Waals surface area contributed by atoms with Crippen LogP contribution in [0.4, 0.5) is 0 Å². The van der Waals surface area contributed by atoms with E-state index in [2.05, 4.69) is 40.3 Å². The van der Waals surface area contributed by atoms with Crippen LogP contribution in [0.25, 0.3) is 0 Å². The van der Waals surface area contributed by atoms with Gasteiger partial charge in [-0.2, -0.15) is 0 Å². The molecule has 0 aliphatic heterocycles. The number of methoxy groups -OCH3 is 1. The largest absolute Gasteiger partial charge is 0.497 e. The van der Waals surface area contributed by atoms with E-state index in [-0.39, 0.29) is 6.04 Å². The lowest BCUT2D eigenvalue weighted by molar-refractivity contribution is 0.413. The molecule has 1 unspecified atom stereocenters. The van der Waals surface area contributed by atoms with Gasteiger partial charge in [0.25, 0.3) is 0 Å². The molecule has 0 saturated carbocycles. The van der Waals surface area contributed by atoms with E-state index in [4.69, 9.17) is 16.3 Å². The Hall–Kier alpha value is -0.550. The monoisotopic (exact) mass is 359 g/mol. The molecule has 5 heteroatoms. The van der Waals surface area contributed by atoms with Crippen LogP contribution >= 0.6 is 38.9 Å². The number of hydrogen-bond acceptors (Lipinski definition) is 3. The van der Waals surface area contributed by atoms with Gasteiger partial charge in [-0.3, -0.25) is 0 Å². The third-order valence-electron chi connectivity index (χ3n) is 2.78. The number of ether oxygens (including phenoxy) is 1. The SMILES string of the molecule is CCNC(c1cccc(OC)c1)c1cc(Cl)c(Br)s1. The second-order valence-corrected chi connectivity index (χ2v) is 6.85. The number of benzene rings is 1. The third kappa shape index (κ3) is 3.51. The van der Waals surface area contributed by atoms with Crippen LogP contribution in [0.2, 0.25) is 5.02 Å². The summed E-state index contributed by atoms with van der Waals surface area (Å²) in [7, 11) is 1.68. The predicted octanol–water partition coefficient (Wildman–Crippen LogP) is 4.87. The molecule has 102 valence electrons. The molecule has 1 aromatic heterocycles. The first-order valence-corrected chi connectivity index (χ1v) is 7.96. The summed E-state index contributed by atoms with van der Waals surface area (Å²) < 4.78 is 6.26. The Kier molecular flexibility index (Phi) is 5.28. The first-order valence-electron chi connectivity index (χ1n) is 5.97. The Labute approximate surface area is 130 Å². The van der Waals surface area contributed by atoms with Gasteiger partial charge < -0.3 is 10.1 Å². The number of thiophene rings is 1. The second kappa shape index (κ2) is 6.75. The van der Waals surface area contributed by atoms with Crippen molar-refractivity contribution >= 4 is 38.9 Å². The maximum Gasteiger partial charge on any atom is 0.119 e. The fourth-order valence-electron chi connectivity index (χ4n) is 1.91. The zero-order valence-corrected chi connectivity index (χ0v) is 13.9. The zero-order valence-electron chi connectivity index (χ0n) is 10.7. The quantitative estimate of drug-likeness (QED) is 0.821. The van der Waals surface area contributed by atoms with Crippen molar-refractivity contribution in [2.45, 2.75) is 13.0 Å². The van der Waals surface area contributed by atoms with Crippen LogP contribution in [-0.4, -0.2) is 13.7 Å². The molecule has 0 saturated heterocycles. The van der Waals surface area contributed by atoms with Crippen molar-refractivity contribution < 1.29 is 4.74 Å². The van der Waals surface area contributed by atoms with Crippen LogP contribution < -0.4 is 10.1 Å². The van der Waals surface area contributed by atoms with Gasteiger partial charge in [0.05, 0.1) is 22.0 Å². The molecule has 1 atom stereocenters. The minimum Gasteiger partial charge on any atom is -0.497 e. The van der Waals surface area contributed by atoms with E-state index in [1.807, 2.05) is 18.2 Å². The van der Waals surface area contributed by atoms with Crippen molar-refractivity contribution in [3.05, 3.63) is 49.6 Å². The van der Waals surface area contributed by atoms with Gasteiger partial charge in [-0.1, -0.05) is 30.7 Å².